The fraction of sp³-hybridized carbons (Fsp3) is 0.647. The minimum atomic E-state index is -0.241. The monoisotopic (exact) mass is 262 g/mol. The summed E-state index contributed by atoms with van der Waals surface area (Å²) in [5.74, 6) is 0. The first-order chi connectivity index (χ1) is 8.69. The molecule has 19 heavy (non-hydrogen) atoms. The summed E-state index contributed by atoms with van der Waals surface area (Å²) in [5.41, 5.74) is 1.24. The molecule has 0 amide bonds. The second kappa shape index (κ2) is 4.92. The van der Waals surface area contributed by atoms with E-state index in [4.69, 9.17) is 9.47 Å². The molecule has 0 bridgehead atoms. The predicted molar refractivity (Wildman–Crippen MR) is 77.8 cm³/mol. The molecule has 0 saturated carbocycles. The number of rotatable bonds is 1. The first-order valence-corrected chi connectivity index (χ1v) is 7.05. The summed E-state index contributed by atoms with van der Waals surface area (Å²) in [6.07, 6.45) is -0.0231. The number of hydrogen-bond acceptors (Lipinski definition) is 2. The Morgan fingerprint density at radius 2 is 1.16 bits per heavy atom. The highest BCUT2D eigenvalue weighted by molar-refractivity contribution is 5.17. The van der Waals surface area contributed by atoms with Gasteiger partial charge in [0.05, 0.1) is 12.2 Å². The van der Waals surface area contributed by atoms with Crippen LogP contribution in [0.5, 0.6) is 0 Å². The molecule has 2 unspecified atom stereocenters. The average Bonchev–Trinajstić information content (AvgIpc) is 2.74. The minimum Gasteiger partial charge on any atom is -0.342 e. The molecule has 1 aliphatic rings. The van der Waals surface area contributed by atoms with Crippen molar-refractivity contribution in [2.24, 2.45) is 10.8 Å². The topological polar surface area (TPSA) is 18.5 Å². The quantitative estimate of drug-likeness (QED) is 0.738. The first kappa shape index (κ1) is 14.5. The van der Waals surface area contributed by atoms with Crippen molar-refractivity contribution in [1.82, 2.24) is 0 Å². The molecule has 0 radical (unpaired) electrons. The van der Waals surface area contributed by atoms with Gasteiger partial charge in [-0.05, 0) is 10.8 Å². The van der Waals surface area contributed by atoms with Gasteiger partial charge in [-0.2, -0.15) is 0 Å². The van der Waals surface area contributed by atoms with Gasteiger partial charge in [-0.15, -0.1) is 0 Å². The zero-order valence-corrected chi connectivity index (χ0v) is 12.9. The molecule has 1 aliphatic heterocycles. The van der Waals surface area contributed by atoms with Crippen LogP contribution in [-0.2, 0) is 9.47 Å². The Morgan fingerprint density at radius 3 is 1.53 bits per heavy atom. The molecule has 106 valence electrons. The van der Waals surface area contributed by atoms with Crippen molar-refractivity contribution in [3.63, 3.8) is 0 Å². The average molecular weight is 262 g/mol. The summed E-state index contributed by atoms with van der Waals surface area (Å²) in [7, 11) is 0. The highest BCUT2D eigenvalue weighted by Gasteiger charge is 2.48. The number of benzene rings is 1. The molecule has 2 atom stereocenters. The largest absolute Gasteiger partial charge is 0.342 e. The lowest BCUT2D eigenvalue weighted by molar-refractivity contribution is -0.0872. The molecule has 2 rings (SSSR count). The molecule has 1 saturated heterocycles. The third-order valence-corrected chi connectivity index (χ3v) is 3.59. The molecule has 1 aromatic carbocycles. The smallest absolute Gasteiger partial charge is 0.184 e. The Kier molecular flexibility index (Phi) is 3.76. The third-order valence-electron chi connectivity index (χ3n) is 3.59. The summed E-state index contributed by atoms with van der Waals surface area (Å²) >= 11 is 0. The van der Waals surface area contributed by atoms with Crippen LogP contribution < -0.4 is 0 Å². The Labute approximate surface area is 117 Å². The second-order valence-corrected chi connectivity index (χ2v) is 7.59. The molecule has 2 heteroatoms. The molecule has 0 spiro atoms. The van der Waals surface area contributed by atoms with Crippen LogP contribution in [0.15, 0.2) is 30.3 Å². The van der Waals surface area contributed by atoms with Crippen LogP contribution in [0, 0.1) is 10.8 Å². The van der Waals surface area contributed by atoms with Crippen molar-refractivity contribution in [3.05, 3.63) is 35.9 Å². The van der Waals surface area contributed by atoms with E-state index in [0.29, 0.717) is 0 Å². The van der Waals surface area contributed by atoms with Gasteiger partial charge in [-0.3, -0.25) is 0 Å². The van der Waals surface area contributed by atoms with Gasteiger partial charge < -0.3 is 9.47 Å². The van der Waals surface area contributed by atoms with E-state index in [0.717, 1.165) is 5.56 Å². The van der Waals surface area contributed by atoms with E-state index >= 15 is 0 Å². The van der Waals surface area contributed by atoms with Crippen LogP contribution >= 0.6 is 0 Å². The lowest BCUT2D eigenvalue weighted by Crippen LogP contribution is -2.42. The molecular formula is C17H26O2. The molecule has 0 N–H and O–H groups in total. The maximum absolute atomic E-state index is 6.23. The summed E-state index contributed by atoms with van der Waals surface area (Å²) in [4.78, 5) is 0. The summed E-state index contributed by atoms with van der Waals surface area (Å²) in [6, 6.07) is 10.2. The molecule has 0 aliphatic carbocycles. The van der Waals surface area contributed by atoms with Crippen molar-refractivity contribution >= 4 is 0 Å². The van der Waals surface area contributed by atoms with E-state index in [-0.39, 0.29) is 29.3 Å². The Balaban J connectivity index is 2.26. The van der Waals surface area contributed by atoms with Gasteiger partial charge in [0.1, 0.15) is 0 Å². The van der Waals surface area contributed by atoms with Crippen LogP contribution in [0.3, 0.4) is 0 Å². The summed E-state index contributed by atoms with van der Waals surface area (Å²) in [6.45, 7) is 13.3. The van der Waals surface area contributed by atoms with Gasteiger partial charge in [-0.1, -0.05) is 71.9 Å². The van der Waals surface area contributed by atoms with Crippen molar-refractivity contribution in [3.8, 4) is 0 Å². The maximum Gasteiger partial charge on any atom is 0.184 e. The first-order valence-electron chi connectivity index (χ1n) is 7.05. The van der Waals surface area contributed by atoms with Crippen LogP contribution in [-0.4, -0.2) is 12.2 Å². The highest BCUT2D eigenvalue weighted by Crippen LogP contribution is 2.45. The van der Waals surface area contributed by atoms with Crippen LogP contribution in [0.2, 0.25) is 0 Å². The normalized spacial score (nSPS) is 28.6. The van der Waals surface area contributed by atoms with Crippen molar-refractivity contribution in [1.29, 1.82) is 0 Å². The van der Waals surface area contributed by atoms with Gasteiger partial charge in [0, 0.05) is 5.56 Å². The van der Waals surface area contributed by atoms with E-state index < -0.39 is 0 Å². The minimum absolute atomic E-state index is 0.0709. The Bertz CT molecular complexity index is 389. The van der Waals surface area contributed by atoms with Gasteiger partial charge >= 0.3 is 0 Å². The highest BCUT2D eigenvalue weighted by atomic mass is 16.7. The van der Waals surface area contributed by atoms with Crippen molar-refractivity contribution in [2.75, 3.05) is 0 Å². The predicted octanol–water partition coefficient (Wildman–Crippen LogP) is 4.56. The SMILES string of the molecule is CC(C)(C)C1OC(c2ccccc2)OC1C(C)(C)C. The molecule has 2 nitrogen and oxygen atoms in total. The van der Waals surface area contributed by atoms with Crippen LogP contribution in [0.1, 0.15) is 53.4 Å². The summed E-state index contributed by atoms with van der Waals surface area (Å²) < 4.78 is 12.5. The maximum atomic E-state index is 6.23. The number of ether oxygens (including phenoxy) is 2. The summed E-state index contributed by atoms with van der Waals surface area (Å²) in [5, 5.41) is 0. The van der Waals surface area contributed by atoms with E-state index in [1.165, 1.54) is 0 Å². The Morgan fingerprint density at radius 1 is 0.737 bits per heavy atom. The zero-order chi connectivity index (χ0) is 14.3. The van der Waals surface area contributed by atoms with Crippen LogP contribution in [0.25, 0.3) is 0 Å². The van der Waals surface area contributed by atoms with Crippen LogP contribution in [0.4, 0.5) is 0 Å². The van der Waals surface area contributed by atoms with E-state index in [2.05, 4.69) is 53.7 Å². The molecule has 0 aromatic heterocycles. The third kappa shape index (κ3) is 3.18. The van der Waals surface area contributed by atoms with Crippen molar-refractivity contribution in [2.45, 2.75) is 60.0 Å². The zero-order valence-electron chi connectivity index (χ0n) is 12.9. The second-order valence-electron chi connectivity index (χ2n) is 7.59. The molecule has 1 fully saturated rings. The Hall–Kier alpha value is -0.860. The standard InChI is InChI=1S/C17H26O2/c1-16(2,3)13-14(17(4,5)6)19-15(18-13)12-10-8-7-9-11-12/h7-11,13-15H,1-6H3. The van der Waals surface area contributed by atoms with E-state index in [1.54, 1.807) is 0 Å². The fourth-order valence-corrected chi connectivity index (χ4v) is 2.52. The molecular weight excluding hydrogens is 236 g/mol. The van der Waals surface area contributed by atoms with Gasteiger partial charge in [-0.25, -0.2) is 0 Å². The lowest BCUT2D eigenvalue weighted by Gasteiger charge is -2.36. The molecule has 1 aromatic rings. The van der Waals surface area contributed by atoms with Gasteiger partial charge in [0.25, 0.3) is 0 Å². The van der Waals surface area contributed by atoms with E-state index in [9.17, 15) is 0 Å². The molecule has 1 heterocycles. The van der Waals surface area contributed by atoms with Gasteiger partial charge in [0.15, 0.2) is 6.29 Å². The lowest BCUT2D eigenvalue weighted by atomic mass is 9.76. The van der Waals surface area contributed by atoms with E-state index in [1.807, 2.05) is 18.2 Å². The number of hydrogen-bond donors (Lipinski definition) is 0. The van der Waals surface area contributed by atoms with Crippen molar-refractivity contribution < 1.29 is 9.47 Å². The fourth-order valence-electron chi connectivity index (χ4n) is 2.52. The van der Waals surface area contributed by atoms with Gasteiger partial charge in [0.2, 0.25) is 0 Å².